The van der Waals surface area contributed by atoms with E-state index in [4.69, 9.17) is 5.11 Å². The fourth-order valence-corrected chi connectivity index (χ4v) is 2.57. The second-order valence-corrected chi connectivity index (χ2v) is 5.56. The molecule has 1 rings (SSSR count). The van der Waals surface area contributed by atoms with Crippen molar-refractivity contribution in [1.29, 1.82) is 0 Å². The lowest BCUT2D eigenvalue weighted by Gasteiger charge is -2.23. The molecule has 0 aliphatic heterocycles. The number of carboxylic acids is 1. The van der Waals surface area contributed by atoms with Crippen molar-refractivity contribution in [1.82, 2.24) is 0 Å². The fourth-order valence-electron chi connectivity index (χ4n) is 1.54. The molecule has 0 unspecified atom stereocenters. The average molecular weight is 257 g/mol. The van der Waals surface area contributed by atoms with Gasteiger partial charge < -0.3 is 5.11 Å². The zero-order valence-corrected chi connectivity index (χ0v) is 10.6. The van der Waals surface area contributed by atoms with Gasteiger partial charge in [-0.05, 0) is 18.6 Å². The largest absolute Gasteiger partial charge is 0.478 e. The van der Waals surface area contributed by atoms with Crippen LogP contribution in [-0.2, 0) is 10.0 Å². The summed E-state index contributed by atoms with van der Waals surface area (Å²) in [5, 5.41) is 9.03. The van der Waals surface area contributed by atoms with Crippen molar-refractivity contribution in [2.75, 3.05) is 17.1 Å². The quantitative estimate of drug-likeness (QED) is 0.868. The molecule has 5 nitrogen and oxygen atoms in total. The molecule has 1 aromatic rings. The third-order valence-corrected chi connectivity index (χ3v) is 3.41. The minimum absolute atomic E-state index is 0.00799. The van der Waals surface area contributed by atoms with Crippen LogP contribution in [0.1, 0.15) is 23.7 Å². The molecular formula is C11H15NO4S. The summed E-state index contributed by atoms with van der Waals surface area (Å²) in [4.78, 5) is 11.0. The lowest BCUT2D eigenvalue weighted by Crippen LogP contribution is -2.31. The van der Waals surface area contributed by atoms with Gasteiger partial charge in [-0.25, -0.2) is 13.2 Å². The smallest absolute Gasteiger partial charge is 0.337 e. The molecule has 0 aromatic heterocycles. The van der Waals surface area contributed by atoms with Crippen molar-refractivity contribution < 1.29 is 18.3 Å². The lowest BCUT2D eigenvalue weighted by atomic mass is 10.2. The number of anilines is 1. The maximum absolute atomic E-state index is 11.6. The first kappa shape index (κ1) is 13.5. The van der Waals surface area contributed by atoms with Crippen molar-refractivity contribution in [3.05, 3.63) is 29.8 Å². The standard InChI is InChI=1S/C11H15NO4S/c1-3-8-12(17(2,15)16)10-7-5-4-6-9(10)11(13)14/h4-7H,3,8H2,1-2H3,(H,13,14). The van der Waals surface area contributed by atoms with Crippen molar-refractivity contribution in [3.63, 3.8) is 0 Å². The maximum Gasteiger partial charge on any atom is 0.337 e. The minimum atomic E-state index is -3.47. The molecular weight excluding hydrogens is 242 g/mol. The van der Waals surface area contributed by atoms with E-state index in [1.165, 1.54) is 12.1 Å². The van der Waals surface area contributed by atoms with Gasteiger partial charge in [0.15, 0.2) is 0 Å². The van der Waals surface area contributed by atoms with E-state index in [0.29, 0.717) is 6.42 Å². The first-order chi connectivity index (χ1) is 7.88. The molecule has 6 heteroatoms. The Labute approximate surface area is 101 Å². The van der Waals surface area contributed by atoms with Gasteiger partial charge in [0, 0.05) is 6.54 Å². The highest BCUT2D eigenvalue weighted by molar-refractivity contribution is 7.92. The number of para-hydroxylation sites is 1. The van der Waals surface area contributed by atoms with Crippen molar-refractivity contribution in [2.45, 2.75) is 13.3 Å². The summed E-state index contributed by atoms with van der Waals surface area (Å²) in [5.74, 6) is -1.13. The van der Waals surface area contributed by atoms with E-state index in [2.05, 4.69) is 0 Å². The van der Waals surface area contributed by atoms with E-state index in [1.54, 1.807) is 12.1 Å². The molecule has 0 heterocycles. The van der Waals surface area contributed by atoms with Gasteiger partial charge in [0.05, 0.1) is 17.5 Å². The number of sulfonamides is 1. The summed E-state index contributed by atoms with van der Waals surface area (Å²) in [5.41, 5.74) is 0.204. The third kappa shape index (κ3) is 3.20. The zero-order valence-electron chi connectivity index (χ0n) is 9.75. The summed E-state index contributed by atoms with van der Waals surface area (Å²) in [7, 11) is -3.47. The summed E-state index contributed by atoms with van der Waals surface area (Å²) in [6, 6.07) is 6.08. The SMILES string of the molecule is CCCN(c1ccccc1C(=O)O)S(C)(=O)=O. The third-order valence-electron chi connectivity index (χ3n) is 2.23. The van der Waals surface area contributed by atoms with Gasteiger partial charge in [-0.1, -0.05) is 19.1 Å². The summed E-state index contributed by atoms with van der Waals surface area (Å²) < 4.78 is 24.4. The number of benzene rings is 1. The zero-order chi connectivity index (χ0) is 13.1. The molecule has 1 N–H and O–H groups in total. The van der Waals surface area contributed by atoms with E-state index < -0.39 is 16.0 Å². The van der Waals surface area contributed by atoms with Crippen molar-refractivity contribution in [3.8, 4) is 0 Å². The number of hydrogen-bond acceptors (Lipinski definition) is 3. The molecule has 94 valence electrons. The normalized spacial score (nSPS) is 11.2. The van der Waals surface area contributed by atoms with Gasteiger partial charge in [-0.3, -0.25) is 4.31 Å². The predicted octanol–water partition coefficient (Wildman–Crippen LogP) is 1.56. The maximum atomic E-state index is 11.6. The Morgan fingerprint density at radius 1 is 1.35 bits per heavy atom. The van der Waals surface area contributed by atoms with E-state index in [9.17, 15) is 13.2 Å². The first-order valence-electron chi connectivity index (χ1n) is 5.18. The Hall–Kier alpha value is -1.56. The molecule has 0 aliphatic rings. The molecule has 0 radical (unpaired) electrons. The average Bonchev–Trinajstić information content (AvgIpc) is 2.24. The highest BCUT2D eigenvalue weighted by atomic mass is 32.2. The Kier molecular flexibility index (Phi) is 4.11. The van der Waals surface area contributed by atoms with Crippen LogP contribution in [0.25, 0.3) is 0 Å². The molecule has 0 amide bonds. The van der Waals surface area contributed by atoms with Crippen LogP contribution in [0.5, 0.6) is 0 Å². The molecule has 0 spiro atoms. The molecule has 1 aromatic carbocycles. The molecule has 0 saturated heterocycles. The van der Waals surface area contributed by atoms with E-state index in [0.717, 1.165) is 10.6 Å². The number of carbonyl (C=O) groups is 1. The minimum Gasteiger partial charge on any atom is -0.478 e. The van der Waals surface area contributed by atoms with Crippen LogP contribution in [0.3, 0.4) is 0 Å². The number of hydrogen-bond donors (Lipinski definition) is 1. The van der Waals surface area contributed by atoms with Gasteiger partial charge in [0.1, 0.15) is 0 Å². The predicted molar refractivity (Wildman–Crippen MR) is 65.9 cm³/mol. The number of carboxylic acid groups (broad SMARTS) is 1. The molecule has 0 aliphatic carbocycles. The first-order valence-corrected chi connectivity index (χ1v) is 7.02. The molecule has 0 atom stereocenters. The van der Waals surface area contributed by atoms with Crippen LogP contribution in [0.2, 0.25) is 0 Å². The lowest BCUT2D eigenvalue weighted by molar-refractivity contribution is 0.0698. The van der Waals surface area contributed by atoms with Crippen LogP contribution >= 0.6 is 0 Å². The monoisotopic (exact) mass is 257 g/mol. The second kappa shape index (κ2) is 5.18. The Balaban J connectivity index is 3.33. The topological polar surface area (TPSA) is 74.7 Å². The van der Waals surface area contributed by atoms with Gasteiger partial charge in [-0.15, -0.1) is 0 Å². The molecule has 17 heavy (non-hydrogen) atoms. The number of nitrogens with zero attached hydrogens (tertiary/aromatic N) is 1. The number of aromatic carboxylic acids is 1. The Bertz CT molecular complexity index is 510. The van der Waals surface area contributed by atoms with Crippen molar-refractivity contribution >= 4 is 21.7 Å². The van der Waals surface area contributed by atoms with E-state index >= 15 is 0 Å². The van der Waals surface area contributed by atoms with Crippen molar-refractivity contribution in [2.24, 2.45) is 0 Å². The Morgan fingerprint density at radius 3 is 2.41 bits per heavy atom. The number of rotatable bonds is 5. The van der Waals surface area contributed by atoms with Gasteiger partial charge >= 0.3 is 5.97 Å². The Morgan fingerprint density at radius 2 is 1.94 bits per heavy atom. The van der Waals surface area contributed by atoms with Crippen LogP contribution in [0, 0.1) is 0 Å². The second-order valence-electron chi connectivity index (χ2n) is 3.66. The highest BCUT2D eigenvalue weighted by Gasteiger charge is 2.21. The van der Waals surface area contributed by atoms with Crippen LogP contribution in [0.4, 0.5) is 5.69 Å². The van der Waals surface area contributed by atoms with Gasteiger partial charge in [0.2, 0.25) is 10.0 Å². The molecule has 0 fully saturated rings. The van der Waals surface area contributed by atoms with Gasteiger partial charge in [-0.2, -0.15) is 0 Å². The highest BCUT2D eigenvalue weighted by Crippen LogP contribution is 2.23. The molecule has 0 bridgehead atoms. The summed E-state index contributed by atoms with van der Waals surface area (Å²) in [6.45, 7) is 2.10. The fraction of sp³-hybridized carbons (Fsp3) is 0.364. The van der Waals surface area contributed by atoms with Crippen LogP contribution < -0.4 is 4.31 Å². The van der Waals surface area contributed by atoms with E-state index in [-0.39, 0.29) is 17.8 Å². The van der Waals surface area contributed by atoms with Crippen LogP contribution in [0.15, 0.2) is 24.3 Å². The van der Waals surface area contributed by atoms with Gasteiger partial charge in [0.25, 0.3) is 0 Å². The summed E-state index contributed by atoms with van der Waals surface area (Å²) >= 11 is 0. The molecule has 0 saturated carbocycles. The van der Waals surface area contributed by atoms with E-state index in [1.807, 2.05) is 6.92 Å². The summed E-state index contributed by atoms with van der Waals surface area (Å²) in [6.07, 6.45) is 1.68. The van der Waals surface area contributed by atoms with Crippen LogP contribution in [-0.4, -0.2) is 32.3 Å².